The molecule has 1 N–H and O–H groups in total. The first-order valence-corrected chi connectivity index (χ1v) is 12.7. The van der Waals surface area contributed by atoms with E-state index in [0.29, 0.717) is 82.6 Å². The fourth-order valence-electron chi connectivity index (χ4n) is 5.80. The van der Waals surface area contributed by atoms with E-state index in [1.807, 2.05) is 6.92 Å². The number of hydrogen-bond donors (Lipinski definition) is 1. The second kappa shape index (κ2) is 8.84. The van der Waals surface area contributed by atoms with Crippen molar-refractivity contribution in [3.63, 3.8) is 0 Å². The number of rotatable bonds is 4. The molecular weight excluding hydrogens is 479 g/mol. The number of aryl methyl sites for hydroxylation is 1. The summed E-state index contributed by atoms with van der Waals surface area (Å²) >= 11 is 0. The van der Waals surface area contributed by atoms with E-state index in [2.05, 4.69) is 20.6 Å². The largest absolute Gasteiger partial charge is 0.434 e. The lowest BCUT2D eigenvalue weighted by molar-refractivity contribution is -0.206. The number of alkyl halides is 3. The van der Waals surface area contributed by atoms with Crippen molar-refractivity contribution in [1.29, 1.82) is 0 Å². The molecule has 2 saturated heterocycles. The van der Waals surface area contributed by atoms with Crippen LogP contribution in [0.15, 0.2) is 11.4 Å². The summed E-state index contributed by atoms with van der Waals surface area (Å²) < 4.78 is 62.1. The van der Waals surface area contributed by atoms with Gasteiger partial charge in [0, 0.05) is 45.1 Å². The molecule has 2 aromatic rings. The minimum absolute atomic E-state index is 0.0303. The van der Waals surface area contributed by atoms with Gasteiger partial charge in [-0.25, -0.2) is 9.67 Å². The zero-order valence-electron chi connectivity index (χ0n) is 20.2. The average Bonchev–Trinajstić information content (AvgIpc) is 3.60. The first-order chi connectivity index (χ1) is 17.3. The van der Waals surface area contributed by atoms with Gasteiger partial charge in [0.2, 0.25) is 0 Å². The first kappa shape index (κ1) is 23.9. The van der Waals surface area contributed by atoms with Crippen LogP contribution in [0.5, 0.6) is 0 Å². The molecule has 6 rings (SSSR count). The van der Waals surface area contributed by atoms with Crippen molar-refractivity contribution >= 4 is 22.4 Å². The van der Waals surface area contributed by atoms with Gasteiger partial charge in [-0.1, -0.05) is 5.16 Å². The topological polar surface area (TPSA) is 92.0 Å². The molecular formula is C24H30F3N5O4. The summed E-state index contributed by atoms with van der Waals surface area (Å²) in [6.07, 6.45) is 0.987. The van der Waals surface area contributed by atoms with E-state index in [9.17, 15) is 13.2 Å². The molecule has 36 heavy (non-hydrogen) atoms. The highest BCUT2D eigenvalue weighted by Gasteiger charge is 2.51. The van der Waals surface area contributed by atoms with Gasteiger partial charge >= 0.3 is 6.18 Å². The van der Waals surface area contributed by atoms with E-state index in [4.69, 9.17) is 19.0 Å². The first-order valence-electron chi connectivity index (χ1n) is 12.7. The highest BCUT2D eigenvalue weighted by Crippen LogP contribution is 2.48. The van der Waals surface area contributed by atoms with Crippen molar-refractivity contribution in [2.24, 2.45) is 5.16 Å². The minimum atomic E-state index is -4.68. The number of ether oxygens (including phenoxy) is 3. The zero-order valence-corrected chi connectivity index (χ0v) is 20.2. The molecule has 3 fully saturated rings. The fourth-order valence-corrected chi connectivity index (χ4v) is 5.80. The van der Waals surface area contributed by atoms with Crippen LogP contribution in [0.25, 0.3) is 11.0 Å². The molecule has 0 atom stereocenters. The Morgan fingerprint density at radius 2 is 1.81 bits per heavy atom. The van der Waals surface area contributed by atoms with E-state index in [1.54, 1.807) is 6.20 Å². The standard InChI is InChI=1S/C24H30F3N5O4/c1-2-32-21-16(14-28-32)19(29-15-3-9-33-10-4-15)18(20(30-21)24(25,26)27)17-13-22(36-31-17)5-7-23(8-6-22)34-11-12-35-23/h14-15H,2-13H2,1H3,(H,29,30). The molecule has 0 aromatic carbocycles. The van der Waals surface area contributed by atoms with Crippen LogP contribution >= 0.6 is 0 Å². The zero-order chi connectivity index (χ0) is 25.0. The van der Waals surface area contributed by atoms with E-state index in [0.717, 1.165) is 0 Å². The Kier molecular flexibility index (Phi) is 5.88. The van der Waals surface area contributed by atoms with E-state index in [1.165, 1.54) is 4.68 Å². The van der Waals surface area contributed by atoms with E-state index >= 15 is 0 Å². The quantitative estimate of drug-likeness (QED) is 0.659. The van der Waals surface area contributed by atoms with Crippen molar-refractivity contribution in [3.05, 3.63) is 17.5 Å². The number of anilines is 1. The summed E-state index contributed by atoms with van der Waals surface area (Å²) in [6.45, 7) is 4.46. The maximum absolute atomic E-state index is 14.5. The number of nitrogens with one attached hydrogen (secondary N) is 1. The average molecular weight is 510 g/mol. The Morgan fingerprint density at radius 1 is 1.08 bits per heavy atom. The van der Waals surface area contributed by atoms with E-state index in [-0.39, 0.29) is 29.4 Å². The molecule has 1 saturated carbocycles. The molecule has 3 aliphatic heterocycles. The van der Waals surface area contributed by atoms with Crippen LogP contribution < -0.4 is 5.32 Å². The number of nitrogens with zero attached hydrogens (tertiary/aromatic N) is 4. The van der Waals surface area contributed by atoms with Crippen molar-refractivity contribution in [3.8, 4) is 0 Å². The summed E-state index contributed by atoms with van der Waals surface area (Å²) in [5, 5.41) is 12.5. The van der Waals surface area contributed by atoms with Gasteiger partial charge in [-0.2, -0.15) is 18.3 Å². The maximum atomic E-state index is 14.5. The van der Waals surface area contributed by atoms with Crippen LogP contribution in [0.2, 0.25) is 0 Å². The van der Waals surface area contributed by atoms with Crippen LogP contribution in [0.1, 0.15) is 63.1 Å². The van der Waals surface area contributed by atoms with Crippen LogP contribution in [0.4, 0.5) is 18.9 Å². The Bertz CT molecular complexity index is 1160. The number of oxime groups is 1. The normalized spacial score (nSPS) is 23.9. The Balaban J connectivity index is 1.40. The minimum Gasteiger partial charge on any atom is -0.389 e. The van der Waals surface area contributed by atoms with Crippen molar-refractivity contribution < 1.29 is 32.2 Å². The van der Waals surface area contributed by atoms with Gasteiger partial charge in [-0.05, 0) is 32.6 Å². The number of aromatic nitrogens is 3. The van der Waals surface area contributed by atoms with Gasteiger partial charge in [0.15, 0.2) is 17.1 Å². The molecule has 0 unspecified atom stereocenters. The van der Waals surface area contributed by atoms with Crippen LogP contribution in [0, 0.1) is 0 Å². The van der Waals surface area contributed by atoms with Crippen LogP contribution in [-0.4, -0.2) is 64.3 Å². The summed E-state index contributed by atoms with van der Waals surface area (Å²) in [5.41, 5.74) is -0.839. The van der Waals surface area contributed by atoms with Crippen LogP contribution in [-0.2, 0) is 31.8 Å². The van der Waals surface area contributed by atoms with Gasteiger partial charge in [0.25, 0.3) is 0 Å². The molecule has 5 heterocycles. The monoisotopic (exact) mass is 509 g/mol. The molecule has 4 aliphatic rings. The predicted octanol–water partition coefficient (Wildman–Crippen LogP) is 4.24. The third kappa shape index (κ3) is 4.12. The highest BCUT2D eigenvalue weighted by atomic mass is 19.4. The lowest BCUT2D eigenvalue weighted by atomic mass is 9.77. The van der Waals surface area contributed by atoms with Crippen molar-refractivity contribution in [1.82, 2.24) is 14.8 Å². The molecule has 0 bridgehead atoms. The molecule has 12 heteroatoms. The van der Waals surface area contributed by atoms with Crippen molar-refractivity contribution in [2.45, 2.75) is 82.0 Å². The Labute approximate surface area is 206 Å². The lowest BCUT2D eigenvalue weighted by Gasteiger charge is -2.39. The molecule has 1 aliphatic carbocycles. The van der Waals surface area contributed by atoms with Gasteiger partial charge in [-0.15, -0.1) is 0 Å². The fraction of sp³-hybridized carbons (Fsp3) is 0.708. The Hall–Kier alpha value is -2.44. The second-order valence-electron chi connectivity index (χ2n) is 10.0. The molecule has 2 aromatic heterocycles. The summed E-state index contributed by atoms with van der Waals surface area (Å²) in [6, 6.07) is -0.0303. The summed E-state index contributed by atoms with van der Waals surface area (Å²) in [7, 11) is 0. The van der Waals surface area contributed by atoms with Gasteiger partial charge < -0.3 is 24.4 Å². The molecule has 0 amide bonds. The lowest BCUT2D eigenvalue weighted by Crippen LogP contribution is -2.43. The summed E-state index contributed by atoms with van der Waals surface area (Å²) in [5.74, 6) is -0.598. The third-order valence-electron chi connectivity index (χ3n) is 7.79. The summed E-state index contributed by atoms with van der Waals surface area (Å²) in [4.78, 5) is 10.0. The number of hydrogen-bond acceptors (Lipinski definition) is 8. The number of fused-ring (bicyclic) bond motifs is 1. The molecule has 9 nitrogen and oxygen atoms in total. The molecule has 196 valence electrons. The van der Waals surface area contributed by atoms with Gasteiger partial charge in [-0.3, -0.25) is 0 Å². The van der Waals surface area contributed by atoms with E-state index < -0.39 is 23.3 Å². The Morgan fingerprint density at radius 3 is 2.47 bits per heavy atom. The smallest absolute Gasteiger partial charge is 0.389 e. The SMILES string of the molecule is CCn1ncc2c(NC3CCOCC3)c(C3=NOC4(CCC5(CC4)OCCO5)C3)c(C(F)(F)F)nc21. The highest BCUT2D eigenvalue weighted by molar-refractivity contribution is 6.12. The number of pyridine rings is 1. The predicted molar refractivity (Wildman–Crippen MR) is 124 cm³/mol. The van der Waals surface area contributed by atoms with Gasteiger partial charge in [0.05, 0.1) is 41.8 Å². The second-order valence-corrected chi connectivity index (χ2v) is 10.0. The molecule has 2 spiro atoms. The van der Waals surface area contributed by atoms with Gasteiger partial charge in [0.1, 0.15) is 5.60 Å². The molecule has 0 radical (unpaired) electrons. The third-order valence-corrected chi connectivity index (χ3v) is 7.79. The van der Waals surface area contributed by atoms with Crippen LogP contribution in [0.3, 0.4) is 0 Å². The van der Waals surface area contributed by atoms with Crippen molar-refractivity contribution in [2.75, 3.05) is 31.7 Å². The maximum Gasteiger partial charge on any atom is 0.434 e. The number of halogens is 3.